The van der Waals surface area contributed by atoms with Gasteiger partial charge in [0.1, 0.15) is 4.21 Å². The third-order valence-electron chi connectivity index (χ3n) is 1.08. The fourth-order valence-electron chi connectivity index (χ4n) is 0.594. The lowest BCUT2D eigenvalue weighted by Crippen LogP contribution is -2.18. The topological polar surface area (TPSA) is 102 Å². The van der Waals surface area contributed by atoms with Gasteiger partial charge in [-0.2, -0.15) is 0 Å². The van der Waals surface area contributed by atoms with Gasteiger partial charge < -0.3 is 5.73 Å². The molecule has 0 atom stereocenters. The molecule has 3 N–H and O–H groups in total. The minimum atomic E-state index is -3.25. The van der Waals surface area contributed by atoms with Crippen molar-refractivity contribution < 1.29 is 13.2 Å². The Balaban J connectivity index is 2.94. The van der Waals surface area contributed by atoms with Crippen molar-refractivity contribution in [1.82, 2.24) is 4.98 Å². The highest BCUT2D eigenvalue weighted by Gasteiger charge is 2.12. The Bertz CT molecular complexity index is 422. The number of primary amides is 1. The molecular weight excluding hydrogens is 214 g/mol. The molecule has 8 heteroatoms. The predicted molar refractivity (Wildman–Crippen MR) is 48.4 cm³/mol. The molecule has 1 aromatic heterocycles. The number of nitrogens with zero attached hydrogens (tertiary/aromatic N) is 1. The molecule has 0 aliphatic heterocycles. The smallest absolute Gasteiger partial charge is 0.318 e. The molecule has 0 unspecified atom stereocenters. The fraction of sp³-hybridized carbons (Fsp3) is 0.200. The maximum Gasteiger partial charge on any atom is 0.318 e. The molecule has 2 amide bonds. The van der Waals surface area contributed by atoms with Gasteiger partial charge in [-0.05, 0) is 0 Å². The second kappa shape index (κ2) is 3.30. The summed E-state index contributed by atoms with van der Waals surface area (Å²) in [7, 11) is -3.25. The van der Waals surface area contributed by atoms with E-state index in [0.717, 1.165) is 17.6 Å². The van der Waals surface area contributed by atoms with Crippen molar-refractivity contribution in [3.05, 3.63) is 6.20 Å². The van der Waals surface area contributed by atoms with Gasteiger partial charge in [0.25, 0.3) is 0 Å². The third kappa shape index (κ3) is 2.67. The Morgan fingerprint density at radius 1 is 1.69 bits per heavy atom. The van der Waals surface area contributed by atoms with Gasteiger partial charge in [0.15, 0.2) is 15.0 Å². The van der Waals surface area contributed by atoms with E-state index in [2.05, 4.69) is 10.3 Å². The summed E-state index contributed by atoms with van der Waals surface area (Å²) in [4.78, 5) is 14.0. The third-order valence-corrected chi connectivity index (χ3v) is 3.78. The number of anilines is 1. The number of carbonyl (C=O) groups excluding carboxylic acids is 1. The van der Waals surface area contributed by atoms with Crippen molar-refractivity contribution in [2.45, 2.75) is 4.21 Å². The Kier molecular flexibility index (Phi) is 2.52. The fourth-order valence-corrected chi connectivity index (χ4v) is 2.23. The first kappa shape index (κ1) is 9.93. The van der Waals surface area contributed by atoms with Crippen LogP contribution in [0.3, 0.4) is 0 Å². The first-order valence-corrected chi connectivity index (χ1v) is 5.83. The van der Waals surface area contributed by atoms with Crippen molar-refractivity contribution in [2.75, 3.05) is 11.6 Å². The second-order valence-corrected chi connectivity index (χ2v) is 5.52. The van der Waals surface area contributed by atoms with Crippen LogP contribution in [0.4, 0.5) is 9.93 Å². The van der Waals surface area contributed by atoms with Crippen LogP contribution in [0.5, 0.6) is 0 Å². The normalized spacial score (nSPS) is 11.2. The molecule has 0 aliphatic rings. The highest BCUT2D eigenvalue weighted by molar-refractivity contribution is 7.92. The zero-order valence-electron chi connectivity index (χ0n) is 6.64. The summed E-state index contributed by atoms with van der Waals surface area (Å²) >= 11 is 0.857. The number of carbonyl (C=O) groups is 1. The summed E-state index contributed by atoms with van der Waals surface area (Å²) in [5, 5.41) is 2.35. The zero-order valence-corrected chi connectivity index (χ0v) is 8.28. The molecule has 1 heterocycles. The van der Waals surface area contributed by atoms with Crippen LogP contribution >= 0.6 is 11.3 Å². The standard InChI is InChI=1S/C5H7N3O3S2/c1-13(10,11)3-2-7-5(12-3)8-4(6)9/h2H,1H3,(H3,6,7,8,9). The summed E-state index contributed by atoms with van der Waals surface area (Å²) in [5.74, 6) is 0. The number of rotatable bonds is 2. The van der Waals surface area contributed by atoms with E-state index in [4.69, 9.17) is 5.73 Å². The number of thiazole rings is 1. The van der Waals surface area contributed by atoms with E-state index in [1.807, 2.05) is 0 Å². The minimum absolute atomic E-state index is 0.0938. The largest absolute Gasteiger partial charge is 0.351 e. The number of nitrogens with two attached hydrogens (primary N) is 1. The quantitative estimate of drug-likeness (QED) is 0.735. The Morgan fingerprint density at radius 2 is 2.31 bits per heavy atom. The molecule has 1 rings (SSSR count). The number of hydrogen-bond donors (Lipinski definition) is 2. The lowest BCUT2D eigenvalue weighted by molar-refractivity contribution is 0.259. The second-order valence-electron chi connectivity index (χ2n) is 2.25. The molecule has 0 bridgehead atoms. The molecule has 0 saturated carbocycles. The van der Waals surface area contributed by atoms with E-state index >= 15 is 0 Å². The van der Waals surface area contributed by atoms with Crippen LogP contribution in [0.15, 0.2) is 10.4 Å². The lowest BCUT2D eigenvalue weighted by atomic mass is 10.9. The van der Waals surface area contributed by atoms with Crippen molar-refractivity contribution >= 4 is 32.3 Å². The van der Waals surface area contributed by atoms with E-state index in [9.17, 15) is 13.2 Å². The first-order valence-electron chi connectivity index (χ1n) is 3.12. The highest BCUT2D eigenvalue weighted by Crippen LogP contribution is 2.21. The van der Waals surface area contributed by atoms with Crippen LogP contribution in [-0.4, -0.2) is 25.7 Å². The summed E-state index contributed by atoms with van der Waals surface area (Å²) in [6.07, 6.45) is 2.24. The minimum Gasteiger partial charge on any atom is -0.351 e. The predicted octanol–water partition coefficient (Wildman–Crippen LogP) is 0.0372. The van der Waals surface area contributed by atoms with Crippen LogP contribution in [0, 0.1) is 0 Å². The Hall–Kier alpha value is -1.15. The number of hydrogen-bond acceptors (Lipinski definition) is 5. The maximum absolute atomic E-state index is 11.0. The van der Waals surface area contributed by atoms with Gasteiger partial charge in [0.2, 0.25) is 0 Å². The number of urea groups is 1. The molecule has 1 aromatic rings. The Morgan fingerprint density at radius 3 is 2.69 bits per heavy atom. The van der Waals surface area contributed by atoms with Gasteiger partial charge in [-0.1, -0.05) is 11.3 Å². The molecule has 6 nitrogen and oxygen atoms in total. The van der Waals surface area contributed by atoms with Gasteiger partial charge in [0.05, 0.1) is 6.20 Å². The van der Waals surface area contributed by atoms with Crippen molar-refractivity contribution in [3.63, 3.8) is 0 Å². The molecule has 0 spiro atoms. The molecule has 0 aliphatic carbocycles. The molecule has 0 fully saturated rings. The molecule has 0 radical (unpaired) electrons. The molecule has 0 aromatic carbocycles. The number of nitrogens with one attached hydrogen (secondary N) is 1. The van der Waals surface area contributed by atoms with E-state index in [0.29, 0.717) is 0 Å². The molecule has 0 saturated heterocycles. The summed E-state index contributed by atoms with van der Waals surface area (Å²) in [5.41, 5.74) is 4.81. The van der Waals surface area contributed by atoms with Crippen molar-refractivity contribution in [2.24, 2.45) is 5.73 Å². The molecule has 72 valence electrons. The summed E-state index contributed by atoms with van der Waals surface area (Å²) in [6, 6.07) is -0.769. The van der Waals surface area contributed by atoms with E-state index < -0.39 is 15.9 Å². The molecular formula is C5H7N3O3S2. The zero-order chi connectivity index (χ0) is 10.1. The van der Waals surface area contributed by atoms with E-state index in [1.165, 1.54) is 6.20 Å². The summed E-state index contributed by atoms with van der Waals surface area (Å²) in [6.45, 7) is 0. The van der Waals surface area contributed by atoms with Crippen LogP contribution in [-0.2, 0) is 9.84 Å². The van der Waals surface area contributed by atoms with E-state index in [-0.39, 0.29) is 9.34 Å². The molecule has 13 heavy (non-hydrogen) atoms. The van der Waals surface area contributed by atoms with Crippen LogP contribution in [0.2, 0.25) is 0 Å². The van der Waals surface area contributed by atoms with Crippen molar-refractivity contribution in [3.8, 4) is 0 Å². The lowest BCUT2D eigenvalue weighted by Gasteiger charge is -1.92. The SMILES string of the molecule is CS(=O)(=O)c1cnc(NC(N)=O)s1. The van der Waals surface area contributed by atoms with Crippen LogP contribution < -0.4 is 11.1 Å². The number of aromatic nitrogens is 1. The monoisotopic (exact) mass is 221 g/mol. The Labute approximate surface area is 78.7 Å². The van der Waals surface area contributed by atoms with Gasteiger partial charge in [0, 0.05) is 6.26 Å². The number of sulfone groups is 1. The van der Waals surface area contributed by atoms with Gasteiger partial charge in [-0.15, -0.1) is 0 Å². The highest BCUT2D eigenvalue weighted by atomic mass is 32.2. The first-order chi connectivity index (χ1) is 5.89. The number of amides is 2. The van der Waals surface area contributed by atoms with Crippen LogP contribution in [0.25, 0.3) is 0 Å². The van der Waals surface area contributed by atoms with Gasteiger partial charge >= 0.3 is 6.03 Å². The van der Waals surface area contributed by atoms with Gasteiger partial charge in [-0.25, -0.2) is 18.2 Å². The van der Waals surface area contributed by atoms with E-state index in [1.54, 1.807) is 0 Å². The average Bonchev–Trinajstić information content (AvgIpc) is 2.32. The average molecular weight is 221 g/mol. The maximum atomic E-state index is 11.0. The summed E-state index contributed by atoms with van der Waals surface area (Å²) < 4.78 is 22.0. The van der Waals surface area contributed by atoms with Gasteiger partial charge in [-0.3, -0.25) is 5.32 Å². The van der Waals surface area contributed by atoms with Crippen LogP contribution in [0.1, 0.15) is 0 Å². The van der Waals surface area contributed by atoms with Crippen molar-refractivity contribution in [1.29, 1.82) is 0 Å².